The zero-order valence-corrected chi connectivity index (χ0v) is 12.1. The maximum Gasteiger partial charge on any atom is 0.244 e. The van der Waals surface area contributed by atoms with Gasteiger partial charge < -0.3 is 9.32 Å². The zero-order chi connectivity index (χ0) is 14.9. The monoisotopic (exact) mass is 297 g/mol. The third-order valence-corrected chi connectivity index (χ3v) is 4.50. The first-order valence-electron chi connectivity index (χ1n) is 5.88. The molecule has 1 aromatic heterocycles. The SMILES string of the molecule is CC(C(=O)N(C)C)S(=O)(=O)Nc1cccc2ocnc12. The van der Waals surface area contributed by atoms with Gasteiger partial charge in [-0.1, -0.05) is 6.07 Å². The van der Waals surface area contributed by atoms with E-state index in [1.165, 1.54) is 32.3 Å². The Morgan fingerprint density at radius 2 is 2.10 bits per heavy atom. The summed E-state index contributed by atoms with van der Waals surface area (Å²) in [6.45, 7) is 1.34. The summed E-state index contributed by atoms with van der Waals surface area (Å²) in [6, 6.07) is 4.88. The fourth-order valence-electron chi connectivity index (χ4n) is 1.71. The Hall–Kier alpha value is -2.09. The van der Waals surface area contributed by atoms with Crippen molar-refractivity contribution in [3.05, 3.63) is 24.6 Å². The number of hydrogen-bond donors (Lipinski definition) is 1. The summed E-state index contributed by atoms with van der Waals surface area (Å²) in [5.74, 6) is -0.496. The number of oxazole rings is 1. The Balaban J connectivity index is 2.33. The summed E-state index contributed by atoms with van der Waals surface area (Å²) < 4.78 is 31.9. The number of nitrogens with zero attached hydrogens (tertiary/aromatic N) is 2. The molecule has 20 heavy (non-hydrogen) atoms. The van der Waals surface area contributed by atoms with Gasteiger partial charge in [0, 0.05) is 14.1 Å². The molecule has 0 bridgehead atoms. The number of amides is 1. The summed E-state index contributed by atoms with van der Waals surface area (Å²) in [5.41, 5.74) is 1.16. The van der Waals surface area contributed by atoms with Gasteiger partial charge in [-0.3, -0.25) is 9.52 Å². The van der Waals surface area contributed by atoms with E-state index in [0.29, 0.717) is 11.1 Å². The van der Waals surface area contributed by atoms with E-state index >= 15 is 0 Å². The lowest BCUT2D eigenvalue weighted by Gasteiger charge is -2.18. The lowest BCUT2D eigenvalue weighted by Crippen LogP contribution is -2.39. The van der Waals surface area contributed by atoms with E-state index in [2.05, 4.69) is 9.71 Å². The van der Waals surface area contributed by atoms with Crippen LogP contribution in [-0.4, -0.2) is 43.6 Å². The highest BCUT2D eigenvalue weighted by Gasteiger charge is 2.29. The number of nitrogens with one attached hydrogen (secondary N) is 1. The first-order valence-corrected chi connectivity index (χ1v) is 7.42. The molecule has 1 heterocycles. The van der Waals surface area contributed by atoms with Crippen molar-refractivity contribution in [1.82, 2.24) is 9.88 Å². The molecule has 0 aliphatic rings. The van der Waals surface area contributed by atoms with Crippen LogP contribution in [0.2, 0.25) is 0 Å². The molecular formula is C12H15N3O4S. The van der Waals surface area contributed by atoms with Crippen LogP contribution < -0.4 is 4.72 Å². The predicted octanol–water partition coefficient (Wildman–Crippen LogP) is 1.05. The third kappa shape index (κ3) is 2.60. The van der Waals surface area contributed by atoms with Gasteiger partial charge in [-0.15, -0.1) is 0 Å². The van der Waals surface area contributed by atoms with E-state index in [1.54, 1.807) is 18.2 Å². The summed E-state index contributed by atoms with van der Waals surface area (Å²) in [7, 11) is -0.837. The molecule has 108 valence electrons. The lowest BCUT2D eigenvalue weighted by molar-refractivity contribution is -0.127. The van der Waals surface area contributed by atoms with E-state index < -0.39 is 21.2 Å². The first-order chi connectivity index (χ1) is 9.33. The minimum Gasteiger partial charge on any atom is -0.443 e. The van der Waals surface area contributed by atoms with Crippen LogP contribution in [0.25, 0.3) is 11.1 Å². The number of aromatic nitrogens is 1. The number of anilines is 1. The molecule has 1 N–H and O–H groups in total. The van der Waals surface area contributed by atoms with Crippen molar-refractivity contribution >= 4 is 32.7 Å². The van der Waals surface area contributed by atoms with Gasteiger partial charge in [0.1, 0.15) is 5.52 Å². The molecule has 1 amide bonds. The number of sulfonamides is 1. The molecule has 0 saturated carbocycles. The number of rotatable bonds is 4. The molecule has 0 aliphatic carbocycles. The molecule has 8 heteroatoms. The molecule has 7 nitrogen and oxygen atoms in total. The summed E-state index contributed by atoms with van der Waals surface area (Å²) >= 11 is 0. The van der Waals surface area contributed by atoms with Gasteiger partial charge in [-0.05, 0) is 19.1 Å². The van der Waals surface area contributed by atoms with Crippen LogP contribution in [-0.2, 0) is 14.8 Å². The lowest BCUT2D eigenvalue weighted by atomic mass is 10.3. The van der Waals surface area contributed by atoms with Crippen LogP contribution >= 0.6 is 0 Å². The molecule has 0 spiro atoms. The second-order valence-electron chi connectivity index (χ2n) is 4.53. The van der Waals surface area contributed by atoms with Gasteiger partial charge in [0.25, 0.3) is 0 Å². The minimum absolute atomic E-state index is 0.287. The number of hydrogen-bond acceptors (Lipinski definition) is 5. The molecule has 2 aromatic rings. The van der Waals surface area contributed by atoms with Crippen LogP contribution in [0.5, 0.6) is 0 Å². The number of carbonyl (C=O) groups is 1. The van der Waals surface area contributed by atoms with Crippen LogP contribution in [0.4, 0.5) is 5.69 Å². The van der Waals surface area contributed by atoms with Gasteiger partial charge in [0.15, 0.2) is 17.2 Å². The van der Waals surface area contributed by atoms with Crippen molar-refractivity contribution < 1.29 is 17.6 Å². The van der Waals surface area contributed by atoms with Crippen molar-refractivity contribution in [3.63, 3.8) is 0 Å². The summed E-state index contributed by atoms with van der Waals surface area (Å²) in [6.07, 6.45) is 1.23. The van der Waals surface area contributed by atoms with Gasteiger partial charge in [-0.25, -0.2) is 13.4 Å². The van der Waals surface area contributed by atoms with E-state index in [1.807, 2.05) is 0 Å². The topological polar surface area (TPSA) is 92.5 Å². The van der Waals surface area contributed by atoms with Crippen molar-refractivity contribution in [2.75, 3.05) is 18.8 Å². The fraction of sp³-hybridized carbons (Fsp3) is 0.333. The normalized spacial score (nSPS) is 13.2. The van der Waals surface area contributed by atoms with Gasteiger partial charge >= 0.3 is 0 Å². The zero-order valence-electron chi connectivity index (χ0n) is 11.3. The Morgan fingerprint density at radius 1 is 1.40 bits per heavy atom. The van der Waals surface area contributed by atoms with Gasteiger partial charge in [0.2, 0.25) is 15.9 Å². The summed E-state index contributed by atoms with van der Waals surface area (Å²) in [4.78, 5) is 17.0. The Labute approximate surface area is 116 Å². The number of benzene rings is 1. The van der Waals surface area contributed by atoms with Crippen LogP contribution in [0.15, 0.2) is 29.0 Å². The number of para-hydroxylation sites is 1. The Bertz CT molecular complexity index is 736. The van der Waals surface area contributed by atoms with Gasteiger partial charge in [0.05, 0.1) is 5.69 Å². The van der Waals surface area contributed by atoms with Crippen molar-refractivity contribution in [1.29, 1.82) is 0 Å². The molecule has 0 saturated heterocycles. The molecule has 1 aromatic carbocycles. The average molecular weight is 297 g/mol. The smallest absolute Gasteiger partial charge is 0.244 e. The maximum absolute atomic E-state index is 12.2. The fourth-order valence-corrected chi connectivity index (χ4v) is 2.83. The van der Waals surface area contributed by atoms with E-state index in [9.17, 15) is 13.2 Å². The molecule has 0 fully saturated rings. The highest BCUT2D eigenvalue weighted by Crippen LogP contribution is 2.23. The average Bonchev–Trinajstić information content (AvgIpc) is 2.85. The molecule has 0 radical (unpaired) electrons. The molecular weight excluding hydrogens is 282 g/mol. The quantitative estimate of drug-likeness (QED) is 0.910. The van der Waals surface area contributed by atoms with Crippen LogP contribution in [0, 0.1) is 0 Å². The second-order valence-corrected chi connectivity index (χ2v) is 6.53. The van der Waals surface area contributed by atoms with Crippen LogP contribution in [0.1, 0.15) is 6.92 Å². The van der Waals surface area contributed by atoms with Crippen molar-refractivity contribution in [3.8, 4) is 0 Å². The Kier molecular flexibility index (Phi) is 3.67. The molecule has 1 atom stereocenters. The number of fused-ring (bicyclic) bond motifs is 1. The van der Waals surface area contributed by atoms with E-state index in [-0.39, 0.29) is 5.69 Å². The highest BCUT2D eigenvalue weighted by atomic mass is 32.2. The molecule has 1 unspecified atom stereocenters. The minimum atomic E-state index is -3.85. The predicted molar refractivity (Wildman–Crippen MR) is 74.7 cm³/mol. The maximum atomic E-state index is 12.2. The molecule has 0 aliphatic heterocycles. The Morgan fingerprint density at radius 3 is 2.75 bits per heavy atom. The van der Waals surface area contributed by atoms with Crippen molar-refractivity contribution in [2.24, 2.45) is 0 Å². The highest BCUT2D eigenvalue weighted by molar-refractivity contribution is 7.94. The van der Waals surface area contributed by atoms with E-state index in [4.69, 9.17) is 4.42 Å². The third-order valence-electron chi connectivity index (χ3n) is 2.87. The largest absolute Gasteiger partial charge is 0.443 e. The van der Waals surface area contributed by atoms with Gasteiger partial charge in [-0.2, -0.15) is 0 Å². The van der Waals surface area contributed by atoms with Crippen LogP contribution in [0.3, 0.4) is 0 Å². The number of carbonyl (C=O) groups excluding carboxylic acids is 1. The molecule has 2 rings (SSSR count). The van der Waals surface area contributed by atoms with Crippen molar-refractivity contribution in [2.45, 2.75) is 12.2 Å². The summed E-state index contributed by atoms with van der Waals surface area (Å²) in [5, 5.41) is -1.19. The second kappa shape index (κ2) is 5.12. The first kappa shape index (κ1) is 14.3. The standard InChI is InChI=1S/C12H15N3O4S/c1-8(12(16)15(2)3)20(17,18)14-9-5-4-6-10-11(9)13-7-19-10/h4-8,14H,1-3H3. The van der Waals surface area contributed by atoms with E-state index in [0.717, 1.165) is 0 Å².